The van der Waals surface area contributed by atoms with Crippen LogP contribution in [0.15, 0.2) is 18.2 Å². The van der Waals surface area contributed by atoms with E-state index in [9.17, 15) is 14.0 Å². The molecule has 1 aliphatic rings. The molecular weight excluding hydrogens is 257 g/mol. The molecule has 1 aliphatic heterocycles. The van der Waals surface area contributed by atoms with E-state index >= 15 is 0 Å². The van der Waals surface area contributed by atoms with Crippen LogP contribution in [-0.4, -0.2) is 28.7 Å². The summed E-state index contributed by atoms with van der Waals surface area (Å²) >= 11 is 5.86. The quantitative estimate of drug-likeness (QED) is 0.786. The first-order valence-electron chi connectivity index (χ1n) is 5.60. The second kappa shape index (κ2) is 4.35. The minimum absolute atomic E-state index is 0.0104. The summed E-state index contributed by atoms with van der Waals surface area (Å²) in [4.78, 5) is 25.1. The minimum atomic E-state index is -0.664. The molecule has 0 aliphatic carbocycles. The maximum absolute atomic E-state index is 13.7. The Morgan fingerprint density at radius 3 is 2.61 bits per heavy atom. The summed E-state index contributed by atoms with van der Waals surface area (Å²) in [6.45, 7) is 3.57. The van der Waals surface area contributed by atoms with Crippen molar-refractivity contribution >= 4 is 23.3 Å². The number of rotatable bonds is 1. The van der Waals surface area contributed by atoms with Crippen molar-refractivity contribution in [1.82, 2.24) is 4.90 Å². The lowest BCUT2D eigenvalue weighted by molar-refractivity contribution is -0.116. The molecule has 1 amide bonds. The molecule has 2 rings (SSSR count). The number of likely N-dealkylation sites (tertiary alicyclic amines) is 1. The van der Waals surface area contributed by atoms with Crippen LogP contribution in [0.5, 0.6) is 0 Å². The summed E-state index contributed by atoms with van der Waals surface area (Å²) in [6.07, 6.45) is 0.283. The third kappa shape index (κ3) is 2.12. The number of hydrogen-bond donors (Lipinski definition) is 0. The maximum Gasteiger partial charge on any atom is 0.259 e. The molecule has 1 aromatic rings. The molecule has 0 aromatic heterocycles. The predicted octanol–water partition coefficient (Wildman–Crippen LogP) is 2.67. The molecule has 0 spiro atoms. The molecule has 1 aromatic carbocycles. The van der Waals surface area contributed by atoms with E-state index in [0.29, 0.717) is 0 Å². The number of ketones is 1. The van der Waals surface area contributed by atoms with E-state index in [2.05, 4.69) is 0 Å². The molecule has 1 heterocycles. The highest BCUT2D eigenvalue weighted by Crippen LogP contribution is 2.30. The van der Waals surface area contributed by atoms with Crippen LogP contribution in [0.4, 0.5) is 4.39 Å². The summed E-state index contributed by atoms with van der Waals surface area (Å²) in [5.74, 6) is -1.22. The summed E-state index contributed by atoms with van der Waals surface area (Å²) in [5.41, 5.74) is -0.762. The summed E-state index contributed by atoms with van der Waals surface area (Å²) in [5, 5.41) is 0.0650. The molecule has 1 fully saturated rings. The third-order valence-electron chi connectivity index (χ3n) is 3.12. The van der Waals surface area contributed by atoms with Gasteiger partial charge in [-0.3, -0.25) is 9.59 Å². The zero-order valence-corrected chi connectivity index (χ0v) is 10.9. The highest BCUT2D eigenvalue weighted by atomic mass is 35.5. The fourth-order valence-electron chi connectivity index (χ4n) is 2.21. The Morgan fingerprint density at radius 2 is 2.11 bits per heavy atom. The maximum atomic E-state index is 13.7. The van der Waals surface area contributed by atoms with Gasteiger partial charge in [0.25, 0.3) is 5.91 Å². The van der Waals surface area contributed by atoms with E-state index in [1.165, 1.54) is 23.1 Å². The van der Waals surface area contributed by atoms with Crippen LogP contribution in [0.1, 0.15) is 30.6 Å². The number of amides is 1. The fourth-order valence-corrected chi connectivity index (χ4v) is 2.45. The van der Waals surface area contributed by atoms with E-state index in [-0.39, 0.29) is 29.3 Å². The topological polar surface area (TPSA) is 37.4 Å². The molecule has 1 saturated heterocycles. The third-order valence-corrected chi connectivity index (χ3v) is 3.43. The Hall–Kier alpha value is -1.42. The molecule has 0 saturated carbocycles. The lowest BCUT2D eigenvalue weighted by Gasteiger charge is -2.30. The summed E-state index contributed by atoms with van der Waals surface area (Å²) < 4.78 is 13.7. The highest BCUT2D eigenvalue weighted by Gasteiger charge is 2.41. The Labute approximate surface area is 110 Å². The number of Topliss-reactive ketones (excluding diaryl/α,β-unsaturated/α-hetero) is 1. The van der Waals surface area contributed by atoms with Crippen molar-refractivity contribution in [3.8, 4) is 0 Å². The standard InChI is InChI=1S/C13H13ClFNO2/c1-13(2)6-8(17)7-16(13)12(18)11-9(14)4-3-5-10(11)15/h3-5H,6-7H2,1-2H3. The van der Waals surface area contributed by atoms with Crippen LogP contribution < -0.4 is 0 Å². The molecular formula is C13H13ClFNO2. The molecule has 0 N–H and O–H groups in total. The number of benzene rings is 1. The van der Waals surface area contributed by atoms with Crippen molar-refractivity contribution in [2.75, 3.05) is 6.54 Å². The van der Waals surface area contributed by atoms with Gasteiger partial charge in [-0.1, -0.05) is 17.7 Å². The largest absolute Gasteiger partial charge is 0.326 e. The Balaban J connectivity index is 2.41. The first-order valence-corrected chi connectivity index (χ1v) is 5.98. The molecule has 96 valence electrons. The van der Waals surface area contributed by atoms with E-state index in [1.807, 2.05) is 0 Å². The molecule has 0 bridgehead atoms. The first-order chi connectivity index (χ1) is 8.33. The second-order valence-corrected chi connectivity index (χ2v) is 5.42. The van der Waals surface area contributed by atoms with Crippen LogP contribution in [0.3, 0.4) is 0 Å². The van der Waals surface area contributed by atoms with Gasteiger partial charge in [0, 0.05) is 12.0 Å². The highest BCUT2D eigenvalue weighted by molar-refractivity contribution is 6.34. The predicted molar refractivity (Wildman–Crippen MR) is 66.1 cm³/mol. The van der Waals surface area contributed by atoms with Crippen LogP contribution in [0.25, 0.3) is 0 Å². The van der Waals surface area contributed by atoms with Gasteiger partial charge in [-0.25, -0.2) is 4.39 Å². The Morgan fingerprint density at radius 1 is 1.44 bits per heavy atom. The molecule has 0 atom stereocenters. The zero-order valence-electron chi connectivity index (χ0n) is 10.2. The lowest BCUT2D eigenvalue weighted by Crippen LogP contribution is -2.43. The van der Waals surface area contributed by atoms with E-state index in [4.69, 9.17) is 11.6 Å². The monoisotopic (exact) mass is 269 g/mol. The molecule has 5 heteroatoms. The van der Waals surface area contributed by atoms with Gasteiger partial charge < -0.3 is 4.90 Å². The first kappa shape index (κ1) is 13.0. The molecule has 18 heavy (non-hydrogen) atoms. The van der Waals surface area contributed by atoms with Crippen molar-refractivity contribution < 1.29 is 14.0 Å². The number of hydrogen-bond acceptors (Lipinski definition) is 2. The van der Waals surface area contributed by atoms with Gasteiger partial charge in [-0.2, -0.15) is 0 Å². The molecule has 0 radical (unpaired) electrons. The van der Waals surface area contributed by atoms with Crippen LogP contribution in [-0.2, 0) is 4.79 Å². The summed E-state index contributed by atoms with van der Waals surface area (Å²) in [6, 6.07) is 4.08. The second-order valence-electron chi connectivity index (χ2n) is 5.02. The van der Waals surface area contributed by atoms with Crippen LogP contribution in [0, 0.1) is 5.82 Å². The average molecular weight is 270 g/mol. The number of halogens is 2. The number of carbonyl (C=O) groups excluding carboxylic acids is 2. The van der Waals surface area contributed by atoms with E-state index in [0.717, 1.165) is 0 Å². The fraction of sp³-hybridized carbons (Fsp3) is 0.385. The van der Waals surface area contributed by atoms with Gasteiger partial charge in [0.05, 0.1) is 17.1 Å². The average Bonchev–Trinajstić information content (AvgIpc) is 2.51. The van der Waals surface area contributed by atoms with Crippen molar-refractivity contribution in [2.45, 2.75) is 25.8 Å². The molecule has 0 unspecified atom stereocenters. The Kier molecular flexibility index (Phi) is 3.15. The SMILES string of the molecule is CC1(C)CC(=O)CN1C(=O)c1c(F)cccc1Cl. The van der Waals surface area contributed by atoms with Crippen LogP contribution in [0.2, 0.25) is 5.02 Å². The van der Waals surface area contributed by atoms with Gasteiger partial charge in [-0.15, -0.1) is 0 Å². The van der Waals surface area contributed by atoms with E-state index in [1.54, 1.807) is 13.8 Å². The number of carbonyl (C=O) groups is 2. The smallest absolute Gasteiger partial charge is 0.259 e. The van der Waals surface area contributed by atoms with Gasteiger partial charge >= 0.3 is 0 Å². The van der Waals surface area contributed by atoms with Gasteiger partial charge in [-0.05, 0) is 26.0 Å². The normalized spacial score (nSPS) is 18.2. The van der Waals surface area contributed by atoms with Gasteiger partial charge in [0.2, 0.25) is 0 Å². The van der Waals surface area contributed by atoms with Crippen molar-refractivity contribution in [1.29, 1.82) is 0 Å². The number of nitrogens with zero attached hydrogens (tertiary/aromatic N) is 1. The van der Waals surface area contributed by atoms with Crippen molar-refractivity contribution in [3.63, 3.8) is 0 Å². The van der Waals surface area contributed by atoms with Crippen molar-refractivity contribution in [2.24, 2.45) is 0 Å². The zero-order chi connectivity index (χ0) is 13.5. The van der Waals surface area contributed by atoms with Gasteiger partial charge in [0.15, 0.2) is 5.78 Å². The van der Waals surface area contributed by atoms with Crippen LogP contribution >= 0.6 is 11.6 Å². The Bertz CT molecular complexity index is 507. The lowest BCUT2D eigenvalue weighted by atomic mass is 10.0. The van der Waals surface area contributed by atoms with E-state index < -0.39 is 17.3 Å². The summed E-state index contributed by atoms with van der Waals surface area (Å²) in [7, 11) is 0. The molecule has 3 nitrogen and oxygen atoms in total. The minimum Gasteiger partial charge on any atom is -0.326 e. The van der Waals surface area contributed by atoms with Crippen molar-refractivity contribution in [3.05, 3.63) is 34.6 Å². The van der Waals surface area contributed by atoms with Gasteiger partial charge in [0.1, 0.15) is 5.82 Å².